The van der Waals surface area contributed by atoms with Crippen LogP contribution in [0.15, 0.2) is 24.3 Å². The lowest BCUT2D eigenvalue weighted by molar-refractivity contribution is -0.121. The number of rotatable bonds is 2. The van der Waals surface area contributed by atoms with Crippen LogP contribution in [0, 0.1) is 6.92 Å². The molecule has 0 aliphatic carbocycles. The number of amides is 4. The summed E-state index contributed by atoms with van der Waals surface area (Å²) in [5.41, 5.74) is 0.893. The number of ether oxygens (including phenoxy) is 1. The standard InChI is InChI=1S/C20H27N3O4/c1-13-8-5-6-10-15(13)23-17(24)12-16-14(9-7-11-22(16)19(23)26)21-18(25)27-20(2,3)4/h5-6,8,10,14,16H,7,9,11-12H2,1-4H3,(H,21,25). The van der Waals surface area contributed by atoms with Gasteiger partial charge in [0, 0.05) is 6.54 Å². The predicted molar refractivity (Wildman–Crippen MR) is 102 cm³/mol. The van der Waals surface area contributed by atoms with Crippen LogP contribution in [0.5, 0.6) is 0 Å². The van der Waals surface area contributed by atoms with Crippen LogP contribution in [0.25, 0.3) is 0 Å². The van der Waals surface area contributed by atoms with Crippen LogP contribution in [0.4, 0.5) is 15.3 Å². The Balaban J connectivity index is 1.78. The number of carbonyl (C=O) groups is 3. The molecule has 0 saturated carbocycles. The third-order valence-corrected chi connectivity index (χ3v) is 4.91. The molecular weight excluding hydrogens is 346 g/mol. The minimum Gasteiger partial charge on any atom is -0.444 e. The molecule has 0 spiro atoms. The number of imide groups is 1. The summed E-state index contributed by atoms with van der Waals surface area (Å²) in [5, 5.41) is 2.86. The molecule has 2 heterocycles. The quantitative estimate of drug-likeness (QED) is 0.863. The van der Waals surface area contributed by atoms with Crippen molar-refractivity contribution in [2.75, 3.05) is 11.4 Å². The number of carbonyl (C=O) groups excluding carboxylic acids is 3. The van der Waals surface area contributed by atoms with Gasteiger partial charge in [0.25, 0.3) is 0 Å². The number of benzene rings is 1. The molecule has 2 fully saturated rings. The number of urea groups is 1. The summed E-state index contributed by atoms with van der Waals surface area (Å²) in [6, 6.07) is 6.41. The van der Waals surface area contributed by atoms with E-state index >= 15 is 0 Å². The molecule has 4 amide bonds. The topological polar surface area (TPSA) is 79.0 Å². The zero-order valence-corrected chi connectivity index (χ0v) is 16.3. The normalized spacial score (nSPS) is 23.1. The monoisotopic (exact) mass is 373 g/mol. The Labute approximate surface area is 159 Å². The molecule has 0 bridgehead atoms. The van der Waals surface area contributed by atoms with Gasteiger partial charge in [0.15, 0.2) is 0 Å². The number of nitrogens with one attached hydrogen (secondary N) is 1. The molecule has 1 aromatic carbocycles. The molecule has 1 aromatic rings. The van der Waals surface area contributed by atoms with Crippen molar-refractivity contribution < 1.29 is 19.1 Å². The molecule has 7 nitrogen and oxygen atoms in total. The second kappa shape index (κ2) is 7.21. The van der Waals surface area contributed by atoms with Gasteiger partial charge in [-0.25, -0.2) is 14.5 Å². The third-order valence-electron chi connectivity index (χ3n) is 4.91. The molecule has 7 heteroatoms. The summed E-state index contributed by atoms with van der Waals surface area (Å²) in [7, 11) is 0. The Morgan fingerprint density at radius 3 is 2.59 bits per heavy atom. The fourth-order valence-electron chi connectivity index (χ4n) is 3.73. The summed E-state index contributed by atoms with van der Waals surface area (Å²) >= 11 is 0. The first-order valence-corrected chi connectivity index (χ1v) is 9.36. The minimum atomic E-state index is -0.599. The van der Waals surface area contributed by atoms with Crippen LogP contribution in [0.3, 0.4) is 0 Å². The van der Waals surface area contributed by atoms with Gasteiger partial charge in [-0.15, -0.1) is 0 Å². The molecule has 0 aromatic heterocycles. The van der Waals surface area contributed by atoms with Gasteiger partial charge in [0.1, 0.15) is 5.60 Å². The lowest BCUT2D eigenvalue weighted by atomic mass is 9.91. The molecule has 146 valence electrons. The van der Waals surface area contributed by atoms with Crippen molar-refractivity contribution in [3.05, 3.63) is 29.8 Å². The molecule has 1 N–H and O–H groups in total. The van der Waals surface area contributed by atoms with Gasteiger partial charge in [-0.05, 0) is 52.2 Å². The van der Waals surface area contributed by atoms with Gasteiger partial charge in [-0.3, -0.25) is 4.79 Å². The van der Waals surface area contributed by atoms with Crippen molar-refractivity contribution in [1.29, 1.82) is 0 Å². The number of hydrogen-bond acceptors (Lipinski definition) is 4. The van der Waals surface area contributed by atoms with Gasteiger partial charge >= 0.3 is 12.1 Å². The molecule has 3 rings (SSSR count). The Morgan fingerprint density at radius 2 is 1.93 bits per heavy atom. The first kappa shape index (κ1) is 19.2. The van der Waals surface area contributed by atoms with E-state index < -0.39 is 11.7 Å². The fraction of sp³-hybridized carbons (Fsp3) is 0.550. The first-order chi connectivity index (χ1) is 12.7. The van der Waals surface area contributed by atoms with Crippen molar-refractivity contribution in [1.82, 2.24) is 10.2 Å². The Kier molecular flexibility index (Phi) is 5.13. The van der Waals surface area contributed by atoms with Crippen molar-refractivity contribution >= 4 is 23.7 Å². The van der Waals surface area contributed by atoms with Gasteiger partial charge in [-0.2, -0.15) is 0 Å². The van der Waals surface area contributed by atoms with Crippen molar-refractivity contribution in [3.8, 4) is 0 Å². The largest absolute Gasteiger partial charge is 0.444 e. The third kappa shape index (κ3) is 4.07. The average Bonchev–Trinajstić information content (AvgIpc) is 2.55. The van der Waals surface area contributed by atoms with Crippen molar-refractivity contribution in [3.63, 3.8) is 0 Å². The van der Waals surface area contributed by atoms with Crippen LogP contribution in [-0.4, -0.2) is 47.2 Å². The SMILES string of the molecule is Cc1ccccc1N1C(=O)CC2C(NC(=O)OC(C)(C)C)CCCN2C1=O. The molecule has 2 saturated heterocycles. The molecule has 2 unspecified atom stereocenters. The lowest BCUT2D eigenvalue weighted by Crippen LogP contribution is -2.65. The minimum absolute atomic E-state index is 0.181. The maximum Gasteiger partial charge on any atom is 0.407 e. The second-order valence-corrected chi connectivity index (χ2v) is 8.16. The number of alkyl carbamates (subject to hydrolysis) is 1. The van der Waals surface area contributed by atoms with Crippen LogP contribution in [0.2, 0.25) is 0 Å². The van der Waals surface area contributed by atoms with Crippen molar-refractivity contribution in [2.24, 2.45) is 0 Å². The summed E-state index contributed by atoms with van der Waals surface area (Å²) in [5.74, 6) is -0.242. The van der Waals surface area contributed by atoms with E-state index in [-0.39, 0.29) is 30.4 Å². The van der Waals surface area contributed by atoms with Gasteiger partial charge in [-0.1, -0.05) is 18.2 Å². The van der Waals surface area contributed by atoms with E-state index in [9.17, 15) is 14.4 Å². The summed E-state index contributed by atoms with van der Waals surface area (Å²) in [6.07, 6.45) is 1.14. The summed E-state index contributed by atoms with van der Waals surface area (Å²) in [4.78, 5) is 41.0. The number of nitrogens with zero attached hydrogens (tertiary/aromatic N) is 2. The number of para-hydroxylation sites is 1. The number of hydrogen-bond donors (Lipinski definition) is 1. The van der Waals surface area contributed by atoms with Crippen LogP contribution in [0.1, 0.15) is 45.6 Å². The van der Waals surface area contributed by atoms with Gasteiger partial charge in [0.2, 0.25) is 5.91 Å². The highest BCUT2D eigenvalue weighted by Crippen LogP contribution is 2.31. The number of aryl methyl sites for hydroxylation is 1. The molecule has 2 atom stereocenters. The van der Waals surface area contributed by atoms with E-state index in [4.69, 9.17) is 4.74 Å². The van der Waals surface area contributed by atoms with Crippen LogP contribution in [-0.2, 0) is 9.53 Å². The highest BCUT2D eigenvalue weighted by Gasteiger charge is 2.45. The van der Waals surface area contributed by atoms with Gasteiger partial charge < -0.3 is 15.0 Å². The Hall–Kier alpha value is -2.57. The zero-order chi connectivity index (χ0) is 19.8. The van der Waals surface area contributed by atoms with E-state index in [0.29, 0.717) is 18.7 Å². The van der Waals surface area contributed by atoms with E-state index in [2.05, 4.69) is 5.32 Å². The van der Waals surface area contributed by atoms with E-state index in [1.54, 1.807) is 31.7 Å². The highest BCUT2D eigenvalue weighted by atomic mass is 16.6. The maximum atomic E-state index is 13.1. The number of piperidine rings is 1. The second-order valence-electron chi connectivity index (χ2n) is 8.16. The predicted octanol–water partition coefficient (Wildman–Crippen LogP) is 3.21. The van der Waals surface area contributed by atoms with E-state index in [1.165, 1.54) is 4.90 Å². The molecule has 2 aliphatic heterocycles. The molecule has 0 radical (unpaired) electrons. The van der Waals surface area contributed by atoms with E-state index in [1.807, 2.05) is 25.1 Å². The number of fused-ring (bicyclic) bond motifs is 1. The fourth-order valence-corrected chi connectivity index (χ4v) is 3.73. The van der Waals surface area contributed by atoms with Gasteiger partial charge in [0.05, 0.1) is 24.2 Å². The highest BCUT2D eigenvalue weighted by molar-refractivity contribution is 6.16. The Morgan fingerprint density at radius 1 is 1.22 bits per heavy atom. The maximum absolute atomic E-state index is 13.1. The Bertz CT molecular complexity index is 756. The van der Waals surface area contributed by atoms with Crippen LogP contribution < -0.4 is 10.2 Å². The summed E-state index contributed by atoms with van der Waals surface area (Å²) in [6.45, 7) is 7.85. The van der Waals surface area contributed by atoms with E-state index in [0.717, 1.165) is 12.0 Å². The van der Waals surface area contributed by atoms with Crippen molar-refractivity contribution in [2.45, 2.75) is 64.6 Å². The average molecular weight is 373 g/mol. The molecule has 27 heavy (non-hydrogen) atoms. The van der Waals surface area contributed by atoms with Crippen LogP contribution >= 0.6 is 0 Å². The molecule has 2 aliphatic rings. The lowest BCUT2D eigenvalue weighted by Gasteiger charge is -2.46. The first-order valence-electron chi connectivity index (χ1n) is 9.36. The molecular formula is C20H27N3O4. The smallest absolute Gasteiger partial charge is 0.407 e. The number of anilines is 1. The zero-order valence-electron chi connectivity index (χ0n) is 16.3. The summed E-state index contributed by atoms with van der Waals surface area (Å²) < 4.78 is 5.33.